The molecule has 0 fully saturated rings. The van der Waals surface area contributed by atoms with Crippen molar-refractivity contribution < 1.29 is 14.3 Å². The summed E-state index contributed by atoms with van der Waals surface area (Å²) in [4.78, 5) is 27.6. The zero-order valence-corrected chi connectivity index (χ0v) is 18.6. The second-order valence-electron chi connectivity index (χ2n) is 7.88. The first-order valence-electron chi connectivity index (χ1n) is 10.3. The lowest BCUT2D eigenvalue weighted by Gasteiger charge is -2.22. The van der Waals surface area contributed by atoms with Gasteiger partial charge in [-0.05, 0) is 62.3 Å². The maximum atomic E-state index is 12.8. The van der Waals surface area contributed by atoms with Crippen molar-refractivity contribution >= 4 is 11.8 Å². The van der Waals surface area contributed by atoms with E-state index in [1.807, 2.05) is 53.1 Å². The summed E-state index contributed by atoms with van der Waals surface area (Å²) in [7, 11) is 4.03. The lowest BCUT2D eigenvalue weighted by Crippen LogP contribution is -2.49. The highest BCUT2D eigenvalue weighted by Crippen LogP contribution is 2.14. The van der Waals surface area contributed by atoms with Crippen molar-refractivity contribution in [3.63, 3.8) is 0 Å². The number of hydrogen-bond donors (Lipinski definition) is 2. The van der Waals surface area contributed by atoms with E-state index in [1.165, 1.54) is 5.56 Å². The molecule has 0 saturated heterocycles. The minimum absolute atomic E-state index is 0.0475. The third-order valence-corrected chi connectivity index (χ3v) is 4.72. The molecule has 0 spiro atoms. The summed E-state index contributed by atoms with van der Waals surface area (Å²) in [5.74, 6) is 0.195. The molecule has 0 aromatic heterocycles. The second kappa shape index (κ2) is 11.4. The Morgan fingerprint density at radius 1 is 1.00 bits per heavy atom. The zero-order valence-electron chi connectivity index (χ0n) is 18.6. The van der Waals surface area contributed by atoms with Gasteiger partial charge in [0.25, 0.3) is 5.91 Å². The quantitative estimate of drug-likeness (QED) is 0.630. The van der Waals surface area contributed by atoms with Crippen molar-refractivity contribution in [2.24, 2.45) is 5.92 Å². The molecular weight excluding hydrogens is 378 g/mol. The van der Waals surface area contributed by atoms with Crippen LogP contribution in [0.25, 0.3) is 0 Å². The van der Waals surface area contributed by atoms with Gasteiger partial charge in [-0.1, -0.05) is 38.1 Å². The van der Waals surface area contributed by atoms with E-state index in [1.54, 1.807) is 24.3 Å². The fourth-order valence-corrected chi connectivity index (χ4v) is 3.15. The maximum absolute atomic E-state index is 12.8. The molecule has 0 bridgehead atoms. The summed E-state index contributed by atoms with van der Waals surface area (Å²) >= 11 is 0. The molecule has 0 aliphatic rings. The molecule has 2 amide bonds. The molecule has 0 saturated carbocycles. The molecule has 6 heteroatoms. The van der Waals surface area contributed by atoms with Gasteiger partial charge in [0.1, 0.15) is 11.8 Å². The number of carbonyl (C=O) groups excluding carboxylic acids is 2. The number of nitrogens with zero attached hydrogens (tertiary/aromatic N) is 1. The minimum atomic E-state index is -0.620. The molecule has 0 radical (unpaired) electrons. The molecule has 0 aliphatic carbocycles. The molecule has 2 aromatic carbocycles. The van der Waals surface area contributed by atoms with Gasteiger partial charge in [-0.25, -0.2) is 0 Å². The van der Waals surface area contributed by atoms with Crippen LogP contribution in [-0.2, 0) is 17.9 Å². The fraction of sp³-hybridized carbons (Fsp3) is 0.417. The number of amides is 2. The molecule has 0 aliphatic heterocycles. The lowest BCUT2D eigenvalue weighted by molar-refractivity contribution is -0.124. The Kier molecular flexibility index (Phi) is 8.87. The first-order chi connectivity index (χ1) is 14.3. The van der Waals surface area contributed by atoms with E-state index in [-0.39, 0.29) is 17.7 Å². The highest BCUT2D eigenvalue weighted by molar-refractivity contribution is 5.97. The molecule has 1 atom stereocenters. The van der Waals surface area contributed by atoms with Gasteiger partial charge in [-0.15, -0.1) is 0 Å². The molecule has 0 unspecified atom stereocenters. The Labute approximate surface area is 179 Å². The Hall–Kier alpha value is -2.86. The first-order valence-corrected chi connectivity index (χ1v) is 10.3. The van der Waals surface area contributed by atoms with Crippen LogP contribution in [0.4, 0.5) is 0 Å². The van der Waals surface area contributed by atoms with Gasteiger partial charge in [0.15, 0.2) is 0 Å². The summed E-state index contributed by atoms with van der Waals surface area (Å²) in [6.07, 6.45) is 0. The van der Waals surface area contributed by atoms with Gasteiger partial charge in [0, 0.05) is 18.7 Å². The van der Waals surface area contributed by atoms with E-state index < -0.39 is 6.04 Å². The van der Waals surface area contributed by atoms with Crippen LogP contribution in [0.5, 0.6) is 5.75 Å². The van der Waals surface area contributed by atoms with E-state index >= 15 is 0 Å². The van der Waals surface area contributed by atoms with Crippen LogP contribution in [-0.4, -0.2) is 43.5 Å². The van der Waals surface area contributed by atoms with Crippen molar-refractivity contribution in [2.45, 2.75) is 39.9 Å². The third-order valence-electron chi connectivity index (χ3n) is 4.72. The summed E-state index contributed by atoms with van der Waals surface area (Å²) in [6, 6.07) is 14.3. The Bertz CT molecular complexity index is 832. The number of ether oxygens (including phenoxy) is 1. The van der Waals surface area contributed by atoms with Crippen molar-refractivity contribution in [1.29, 1.82) is 0 Å². The average molecular weight is 412 g/mol. The summed E-state index contributed by atoms with van der Waals surface area (Å²) in [6.45, 7) is 7.54. The zero-order chi connectivity index (χ0) is 22.1. The monoisotopic (exact) mass is 411 g/mol. The van der Waals surface area contributed by atoms with E-state index in [4.69, 9.17) is 4.74 Å². The third kappa shape index (κ3) is 6.88. The highest BCUT2D eigenvalue weighted by atomic mass is 16.5. The Balaban J connectivity index is 2.02. The molecule has 0 heterocycles. The Morgan fingerprint density at radius 2 is 1.63 bits per heavy atom. The van der Waals surface area contributed by atoms with Crippen LogP contribution < -0.4 is 15.4 Å². The van der Waals surface area contributed by atoms with Gasteiger partial charge in [0.2, 0.25) is 5.91 Å². The van der Waals surface area contributed by atoms with Gasteiger partial charge in [0.05, 0.1) is 6.61 Å². The molecule has 6 nitrogen and oxygen atoms in total. The number of hydrogen-bond acceptors (Lipinski definition) is 4. The fourth-order valence-electron chi connectivity index (χ4n) is 3.15. The Morgan fingerprint density at radius 3 is 2.20 bits per heavy atom. The van der Waals surface area contributed by atoms with Gasteiger partial charge in [-0.2, -0.15) is 0 Å². The predicted octanol–water partition coefficient (Wildman–Crippen LogP) is 3.22. The molecule has 2 rings (SSSR count). The van der Waals surface area contributed by atoms with Crippen molar-refractivity contribution in [3.05, 3.63) is 65.2 Å². The van der Waals surface area contributed by atoms with Crippen LogP contribution in [0.2, 0.25) is 0 Å². The lowest BCUT2D eigenvalue weighted by atomic mass is 10.0. The van der Waals surface area contributed by atoms with Crippen molar-refractivity contribution in [3.8, 4) is 5.75 Å². The summed E-state index contributed by atoms with van der Waals surface area (Å²) in [5.41, 5.74) is 2.73. The van der Waals surface area contributed by atoms with E-state index in [0.29, 0.717) is 24.5 Å². The van der Waals surface area contributed by atoms with E-state index in [0.717, 1.165) is 12.1 Å². The number of rotatable bonds is 10. The molecule has 30 heavy (non-hydrogen) atoms. The van der Waals surface area contributed by atoms with Crippen LogP contribution >= 0.6 is 0 Å². The molecular formula is C24H33N3O3. The number of benzene rings is 2. The van der Waals surface area contributed by atoms with Gasteiger partial charge >= 0.3 is 0 Å². The van der Waals surface area contributed by atoms with Crippen LogP contribution in [0.3, 0.4) is 0 Å². The summed E-state index contributed by atoms with van der Waals surface area (Å²) < 4.78 is 5.41. The standard InChI is InChI=1S/C24H33N3O3/c1-6-30-21-13-11-18(12-14-21)23(28)26-22(17(2)3)24(29)25-15-19-9-7-8-10-20(19)16-27(4)5/h7-14,17,22H,6,15-16H2,1-5H3,(H,25,29)(H,26,28)/t22-/m0/s1. The largest absolute Gasteiger partial charge is 0.494 e. The average Bonchev–Trinajstić information content (AvgIpc) is 2.71. The number of carbonyl (C=O) groups is 2. The summed E-state index contributed by atoms with van der Waals surface area (Å²) in [5, 5.41) is 5.85. The molecule has 162 valence electrons. The van der Waals surface area contributed by atoms with E-state index in [2.05, 4.69) is 21.6 Å². The molecule has 2 N–H and O–H groups in total. The number of nitrogens with one attached hydrogen (secondary N) is 2. The van der Waals surface area contributed by atoms with Crippen molar-refractivity contribution in [2.75, 3.05) is 20.7 Å². The SMILES string of the molecule is CCOc1ccc(C(=O)N[C@H](C(=O)NCc2ccccc2CN(C)C)C(C)C)cc1. The minimum Gasteiger partial charge on any atom is -0.494 e. The highest BCUT2D eigenvalue weighted by Gasteiger charge is 2.24. The van der Waals surface area contributed by atoms with Crippen LogP contribution in [0.15, 0.2) is 48.5 Å². The predicted molar refractivity (Wildman–Crippen MR) is 119 cm³/mol. The van der Waals surface area contributed by atoms with Crippen LogP contribution in [0, 0.1) is 5.92 Å². The van der Waals surface area contributed by atoms with Crippen LogP contribution in [0.1, 0.15) is 42.3 Å². The van der Waals surface area contributed by atoms with E-state index in [9.17, 15) is 9.59 Å². The molecule has 2 aromatic rings. The normalized spacial score (nSPS) is 12.0. The van der Waals surface area contributed by atoms with Gasteiger partial charge in [-0.3, -0.25) is 9.59 Å². The van der Waals surface area contributed by atoms with Crippen molar-refractivity contribution in [1.82, 2.24) is 15.5 Å². The topological polar surface area (TPSA) is 70.7 Å². The second-order valence-corrected chi connectivity index (χ2v) is 7.88. The first kappa shape index (κ1) is 23.4. The maximum Gasteiger partial charge on any atom is 0.251 e. The smallest absolute Gasteiger partial charge is 0.251 e. The van der Waals surface area contributed by atoms with Gasteiger partial charge < -0.3 is 20.3 Å².